The van der Waals surface area contributed by atoms with Crippen molar-refractivity contribution in [1.29, 1.82) is 0 Å². The highest BCUT2D eigenvalue weighted by Crippen LogP contribution is 2.41. The van der Waals surface area contributed by atoms with Crippen LogP contribution in [0.1, 0.15) is 35.6 Å². The van der Waals surface area contributed by atoms with Gasteiger partial charge in [0, 0.05) is 0 Å². The molecule has 2 heteroatoms. The Balaban J connectivity index is 1.79. The van der Waals surface area contributed by atoms with E-state index in [1.54, 1.807) is 0 Å². The first kappa shape index (κ1) is 11.8. The molecule has 0 bridgehead atoms. The van der Waals surface area contributed by atoms with Crippen LogP contribution < -0.4 is 10.1 Å². The van der Waals surface area contributed by atoms with Gasteiger partial charge >= 0.3 is 0 Å². The molecule has 2 atom stereocenters. The molecule has 1 aliphatic carbocycles. The molecule has 0 saturated heterocycles. The molecular weight excluding hydrogens is 246 g/mol. The monoisotopic (exact) mass is 265 g/mol. The maximum absolute atomic E-state index is 6.36. The molecule has 0 spiro atoms. The Morgan fingerprint density at radius 1 is 1.15 bits per heavy atom. The normalized spacial score (nSPS) is 23.4. The third kappa shape index (κ3) is 1.87. The van der Waals surface area contributed by atoms with E-state index in [9.17, 15) is 0 Å². The summed E-state index contributed by atoms with van der Waals surface area (Å²) in [5.74, 6) is 0.989. The van der Waals surface area contributed by atoms with Crippen molar-refractivity contribution in [2.45, 2.75) is 38.3 Å². The standard InChI is InChI=1S/C18H19NO/c1-12-9-10-15-17(11-12)20-18-14-7-3-2-5-13(14)6-4-8-16(18)19-15/h2-3,5,7,9-11,16,18-19H,4,6,8H2,1H3. The second-order valence-electron chi connectivity index (χ2n) is 5.88. The summed E-state index contributed by atoms with van der Waals surface area (Å²) in [5.41, 5.74) is 5.18. The highest BCUT2D eigenvalue weighted by atomic mass is 16.5. The quantitative estimate of drug-likeness (QED) is 0.769. The van der Waals surface area contributed by atoms with E-state index in [2.05, 4.69) is 54.7 Å². The molecule has 2 aromatic rings. The van der Waals surface area contributed by atoms with E-state index in [1.165, 1.54) is 23.1 Å². The summed E-state index contributed by atoms with van der Waals surface area (Å²) in [6.07, 6.45) is 3.68. The Morgan fingerprint density at radius 2 is 2.05 bits per heavy atom. The summed E-state index contributed by atoms with van der Waals surface area (Å²) >= 11 is 0. The van der Waals surface area contributed by atoms with Crippen molar-refractivity contribution < 1.29 is 4.74 Å². The van der Waals surface area contributed by atoms with Crippen LogP contribution in [0, 0.1) is 6.92 Å². The van der Waals surface area contributed by atoms with Gasteiger partial charge < -0.3 is 10.1 Å². The van der Waals surface area contributed by atoms with E-state index in [0.29, 0.717) is 6.04 Å². The average molecular weight is 265 g/mol. The van der Waals surface area contributed by atoms with Gasteiger partial charge in [0.25, 0.3) is 0 Å². The lowest BCUT2D eigenvalue weighted by atomic mass is 9.97. The minimum atomic E-state index is 0.142. The molecule has 102 valence electrons. The number of rotatable bonds is 0. The molecule has 4 rings (SSSR count). The SMILES string of the molecule is Cc1ccc2c(c1)OC1c3ccccc3CCCC1N2. The second-order valence-corrected chi connectivity index (χ2v) is 5.88. The first-order chi connectivity index (χ1) is 9.81. The van der Waals surface area contributed by atoms with Gasteiger partial charge in [-0.15, -0.1) is 0 Å². The maximum atomic E-state index is 6.36. The molecule has 0 fully saturated rings. The summed E-state index contributed by atoms with van der Waals surface area (Å²) < 4.78 is 6.36. The second kappa shape index (κ2) is 4.55. The fourth-order valence-electron chi connectivity index (χ4n) is 3.40. The number of hydrogen-bond acceptors (Lipinski definition) is 2. The summed E-state index contributed by atoms with van der Waals surface area (Å²) in [5, 5.41) is 3.68. The number of benzene rings is 2. The average Bonchev–Trinajstić information content (AvgIpc) is 2.64. The number of aryl methyl sites for hydroxylation is 2. The van der Waals surface area contributed by atoms with E-state index in [1.807, 2.05) is 0 Å². The van der Waals surface area contributed by atoms with Gasteiger partial charge in [0.05, 0.1) is 11.7 Å². The van der Waals surface area contributed by atoms with Gasteiger partial charge in [-0.2, -0.15) is 0 Å². The van der Waals surface area contributed by atoms with Gasteiger partial charge in [0.15, 0.2) is 0 Å². The molecule has 0 radical (unpaired) electrons. The van der Waals surface area contributed by atoms with E-state index in [-0.39, 0.29) is 6.10 Å². The Bertz CT molecular complexity index is 650. The molecule has 2 nitrogen and oxygen atoms in total. The molecular formula is C18H19NO. The summed E-state index contributed by atoms with van der Waals surface area (Å²) in [6, 6.07) is 15.5. The van der Waals surface area contributed by atoms with E-state index < -0.39 is 0 Å². The maximum Gasteiger partial charge on any atom is 0.144 e. The van der Waals surface area contributed by atoms with E-state index >= 15 is 0 Å². The van der Waals surface area contributed by atoms with Crippen molar-refractivity contribution in [1.82, 2.24) is 0 Å². The first-order valence-corrected chi connectivity index (χ1v) is 7.43. The highest BCUT2D eigenvalue weighted by Gasteiger charge is 2.33. The molecule has 0 amide bonds. The molecule has 0 saturated carbocycles. The van der Waals surface area contributed by atoms with Crippen molar-refractivity contribution >= 4 is 5.69 Å². The van der Waals surface area contributed by atoms with Crippen LogP contribution in [0.2, 0.25) is 0 Å². The Morgan fingerprint density at radius 3 is 3.00 bits per heavy atom. The van der Waals surface area contributed by atoms with Crippen LogP contribution in [0.5, 0.6) is 5.75 Å². The molecule has 20 heavy (non-hydrogen) atoms. The predicted molar refractivity (Wildman–Crippen MR) is 81.3 cm³/mol. The van der Waals surface area contributed by atoms with Gasteiger partial charge in [0.1, 0.15) is 11.9 Å². The van der Waals surface area contributed by atoms with Gasteiger partial charge in [-0.3, -0.25) is 0 Å². The third-order valence-electron chi connectivity index (χ3n) is 4.42. The first-order valence-electron chi connectivity index (χ1n) is 7.43. The van der Waals surface area contributed by atoms with Gasteiger partial charge in [0.2, 0.25) is 0 Å². The lowest BCUT2D eigenvalue weighted by molar-refractivity contribution is 0.168. The lowest BCUT2D eigenvalue weighted by Crippen LogP contribution is -2.34. The Hall–Kier alpha value is -1.96. The summed E-state index contributed by atoms with van der Waals surface area (Å²) in [7, 11) is 0. The van der Waals surface area contributed by atoms with E-state index in [0.717, 1.165) is 24.3 Å². The summed E-state index contributed by atoms with van der Waals surface area (Å²) in [4.78, 5) is 0. The molecule has 2 aromatic carbocycles. The molecule has 1 aliphatic heterocycles. The van der Waals surface area contributed by atoms with Crippen LogP contribution in [0.3, 0.4) is 0 Å². The van der Waals surface area contributed by atoms with Crippen molar-refractivity contribution in [3.8, 4) is 5.75 Å². The number of anilines is 1. The summed E-state index contributed by atoms with van der Waals surface area (Å²) in [6.45, 7) is 2.11. The minimum absolute atomic E-state index is 0.142. The largest absolute Gasteiger partial charge is 0.481 e. The molecule has 1 heterocycles. The zero-order valence-corrected chi connectivity index (χ0v) is 11.7. The van der Waals surface area contributed by atoms with Crippen molar-refractivity contribution in [3.05, 3.63) is 59.2 Å². The van der Waals surface area contributed by atoms with Crippen molar-refractivity contribution in [3.63, 3.8) is 0 Å². The Kier molecular flexibility index (Phi) is 2.69. The highest BCUT2D eigenvalue weighted by molar-refractivity contribution is 5.60. The number of fused-ring (bicyclic) bond motifs is 4. The van der Waals surface area contributed by atoms with Crippen LogP contribution in [-0.4, -0.2) is 6.04 Å². The molecule has 1 N–H and O–H groups in total. The van der Waals surface area contributed by atoms with E-state index in [4.69, 9.17) is 4.74 Å². The van der Waals surface area contributed by atoms with Crippen LogP contribution in [0.25, 0.3) is 0 Å². The number of hydrogen-bond donors (Lipinski definition) is 1. The van der Waals surface area contributed by atoms with Crippen LogP contribution in [0.4, 0.5) is 5.69 Å². The van der Waals surface area contributed by atoms with Crippen LogP contribution in [-0.2, 0) is 6.42 Å². The topological polar surface area (TPSA) is 21.3 Å². The van der Waals surface area contributed by atoms with Crippen molar-refractivity contribution in [2.24, 2.45) is 0 Å². The molecule has 0 aromatic heterocycles. The minimum Gasteiger partial charge on any atom is -0.481 e. The fourth-order valence-corrected chi connectivity index (χ4v) is 3.40. The van der Waals surface area contributed by atoms with Gasteiger partial charge in [-0.25, -0.2) is 0 Å². The number of nitrogens with one attached hydrogen (secondary N) is 1. The van der Waals surface area contributed by atoms with Crippen LogP contribution in [0.15, 0.2) is 42.5 Å². The predicted octanol–water partition coefficient (Wildman–Crippen LogP) is 4.25. The van der Waals surface area contributed by atoms with Crippen molar-refractivity contribution in [2.75, 3.05) is 5.32 Å². The zero-order valence-electron chi connectivity index (χ0n) is 11.7. The molecule has 2 aliphatic rings. The lowest BCUT2D eigenvalue weighted by Gasteiger charge is -2.35. The fraction of sp³-hybridized carbons (Fsp3) is 0.333. The molecule has 2 unspecified atom stereocenters. The number of ether oxygens (including phenoxy) is 1. The van der Waals surface area contributed by atoms with Crippen LogP contribution >= 0.6 is 0 Å². The zero-order chi connectivity index (χ0) is 13.5. The van der Waals surface area contributed by atoms with Gasteiger partial charge in [-0.1, -0.05) is 30.3 Å². The van der Waals surface area contributed by atoms with Gasteiger partial charge in [-0.05, 0) is 55.0 Å². The smallest absolute Gasteiger partial charge is 0.144 e. The Labute approximate surface area is 119 Å². The third-order valence-corrected chi connectivity index (χ3v) is 4.42.